The van der Waals surface area contributed by atoms with Crippen LogP contribution in [0.15, 0.2) is 12.1 Å². The van der Waals surface area contributed by atoms with Gasteiger partial charge in [-0.1, -0.05) is 13.8 Å². The van der Waals surface area contributed by atoms with E-state index < -0.39 is 17.5 Å². The molecule has 0 atom stereocenters. The molecule has 1 aromatic carbocycles. The number of nitrogens with one attached hydrogen (secondary N) is 1. The van der Waals surface area contributed by atoms with Crippen LogP contribution in [-0.4, -0.2) is 11.5 Å². The van der Waals surface area contributed by atoms with E-state index in [2.05, 4.69) is 10.3 Å². The summed E-state index contributed by atoms with van der Waals surface area (Å²) >= 11 is 0. The predicted octanol–water partition coefficient (Wildman–Crippen LogP) is 4.28. The van der Waals surface area contributed by atoms with Gasteiger partial charge in [0.15, 0.2) is 11.6 Å². The predicted molar refractivity (Wildman–Crippen MR) is 74.3 cm³/mol. The molecule has 0 radical (unpaired) electrons. The smallest absolute Gasteiger partial charge is 0.185 e. The number of fused-ring (bicyclic) bond motifs is 1. The fourth-order valence-electron chi connectivity index (χ4n) is 2.21. The zero-order chi connectivity index (χ0) is 14.9. The number of aromatic nitrogens is 1. The van der Waals surface area contributed by atoms with Gasteiger partial charge in [0.05, 0.1) is 5.39 Å². The number of rotatable bonds is 4. The second-order valence-corrected chi connectivity index (χ2v) is 5.17. The van der Waals surface area contributed by atoms with E-state index in [4.69, 9.17) is 0 Å². The summed E-state index contributed by atoms with van der Waals surface area (Å²) in [4.78, 5) is 4.08. The van der Waals surface area contributed by atoms with Gasteiger partial charge in [0.25, 0.3) is 0 Å². The molecule has 0 spiro atoms. The molecule has 0 fully saturated rings. The quantitative estimate of drug-likeness (QED) is 0.846. The fourth-order valence-corrected chi connectivity index (χ4v) is 2.21. The molecule has 1 heterocycles. The molecule has 1 N–H and O–H groups in total. The van der Waals surface area contributed by atoms with Crippen LogP contribution in [0.1, 0.15) is 26.5 Å². The van der Waals surface area contributed by atoms with Crippen LogP contribution in [0.2, 0.25) is 0 Å². The number of pyridine rings is 1. The maximum absolute atomic E-state index is 13.9. The van der Waals surface area contributed by atoms with Crippen molar-refractivity contribution in [3.05, 3.63) is 35.3 Å². The summed E-state index contributed by atoms with van der Waals surface area (Å²) in [6.45, 7) is 6.41. The molecule has 5 heteroatoms. The third-order valence-electron chi connectivity index (χ3n) is 2.97. The van der Waals surface area contributed by atoms with E-state index in [1.807, 2.05) is 20.8 Å². The summed E-state index contributed by atoms with van der Waals surface area (Å²) in [5.41, 5.74) is 0.813. The van der Waals surface area contributed by atoms with Gasteiger partial charge in [-0.3, -0.25) is 0 Å². The van der Waals surface area contributed by atoms with Gasteiger partial charge in [-0.2, -0.15) is 0 Å². The van der Waals surface area contributed by atoms with E-state index in [1.165, 1.54) is 0 Å². The molecule has 0 saturated carbocycles. The summed E-state index contributed by atoms with van der Waals surface area (Å²) in [5, 5.41) is 2.98. The number of nitrogens with zero attached hydrogens (tertiary/aromatic N) is 1. The molecule has 0 aliphatic heterocycles. The van der Waals surface area contributed by atoms with Gasteiger partial charge < -0.3 is 5.32 Å². The summed E-state index contributed by atoms with van der Waals surface area (Å²) in [5.74, 6) is -2.81. The van der Waals surface area contributed by atoms with E-state index in [9.17, 15) is 13.2 Å². The van der Waals surface area contributed by atoms with Crippen molar-refractivity contribution in [1.82, 2.24) is 4.98 Å². The Labute approximate surface area is 116 Å². The van der Waals surface area contributed by atoms with E-state index >= 15 is 0 Å². The molecule has 2 nitrogen and oxygen atoms in total. The highest BCUT2D eigenvalue weighted by Crippen LogP contribution is 2.30. The van der Waals surface area contributed by atoms with Crippen molar-refractivity contribution in [2.45, 2.75) is 27.2 Å². The van der Waals surface area contributed by atoms with Crippen LogP contribution >= 0.6 is 0 Å². The van der Waals surface area contributed by atoms with Crippen LogP contribution in [0.3, 0.4) is 0 Å². The van der Waals surface area contributed by atoms with Crippen molar-refractivity contribution in [2.24, 2.45) is 5.92 Å². The number of hydrogen-bond acceptors (Lipinski definition) is 2. The first-order valence-corrected chi connectivity index (χ1v) is 6.65. The monoisotopic (exact) mass is 282 g/mol. The fraction of sp³-hybridized carbons (Fsp3) is 0.400. The minimum absolute atomic E-state index is 0.00161. The van der Waals surface area contributed by atoms with Gasteiger partial charge in [0.1, 0.15) is 11.3 Å². The molecule has 2 aromatic rings. The molecular formula is C15H17F3N2. The maximum atomic E-state index is 13.9. The summed E-state index contributed by atoms with van der Waals surface area (Å²) in [7, 11) is 0. The second-order valence-electron chi connectivity index (χ2n) is 5.17. The van der Waals surface area contributed by atoms with Crippen LogP contribution in [0.4, 0.5) is 18.9 Å². The minimum Gasteiger partial charge on any atom is -0.385 e. The van der Waals surface area contributed by atoms with Crippen molar-refractivity contribution in [2.75, 3.05) is 11.9 Å². The third-order valence-corrected chi connectivity index (χ3v) is 2.97. The summed E-state index contributed by atoms with van der Waals surface area (Å²) < 4.78 is 41.1. The molecule has 0 saturated heterocycles. The van der Waals surface area contributed by atoms with Crippen molar-refractivity contribution in [3.63, 3.8) is 0 Å². The Balaban J connectivity index is 2.74. The molecule has 0 unspecified atom stereocenters. The van der Waals surface area contributed by atoms with E-state index in [1.54, 1.807) is 6.07 Å². The normalized spacial score (nSPS) is 11.3. The number of hydrogen-bond donors (Lipinski definition) is 1. The van der Waals surface area contributed by atoms with Crippen LogP contribution in [0.5, 0.6) is 0 Å². The topological polar surface area (TPSA) is 24.9 Å². The number of anilines is 1. The lowest BCUT2D eigenvalue weighted by atomic mass is 10.0. The standard InChI is InChI=1S/C15H17F3N2/c1-4-19-12-6-9(5-8(2)3)20-15-13(12)10(16)7-11(17)14(15)18/h6-8H,4-5H2,1-3H3,(H,19,20). The first-order valence-electron chi connectivity index (χ1n) is 6.65. The van der Waals surface area contributed by atoms with Crippen LogP contribution in [-0.2, 0) is 6.42 Å². The van der Waals surface area contributed by atoms with E-state index in [0.29, 0.717) is 36.3 Å². The highest BCUT2D eigenvalue weighted by atomic mass is 19.2. The molecule has 0 aliphatic carbocycles. The number of halogens is 3. The molecular weight excluding hydrogens is 265 g/mol. The molecule has 108 valence electrons. The highest BCUT2D eigenvalue weighted by molar-refractivity contribution is 5.92. The Bertz CT molecular complexity index is 639. The first-order chi connectivity index (χ1) is 9.43. The molecule has 20 heavy (non-hydrogen) atoms. The Morgan fingerprint density at radius 2 is 1.85 bits per heavy atom. The summed E-state index contributed by atoms with van der Waals surface area (Å²) in [6.07, 6.45) is 0.617. The maximum Gasteiger partial charge on any atom is 0.185 e. The van der Waals surface area contributed by atoms with Gasteiger partial charge in [-0.05, 0) is 25.3 Å². The van der Waals surface area contributed by atoms with E-state index in [-0.39, 0.29) is 10.9 Å². The minimum atomic E-state index is -1.22. The van der Waals surface area contributed by atoms with Gasteiger partial charge >= 0.3 is 0 Å². The summed E-state index contributed by atoms with van der Waals surface area (Å²) in [6, 6.07) is 2.26. The third kappa shape index (κ3) is 2.71. The molecule has 0 bridgehead atoms. The molecule has 2 rings (SSSR count). The number of benzene rings is 1. The van der Waals surface area contributed by atoms with Crippen LogP contribution < -0.4 is 5.32 Å². The Morgan fingerprint density at radius 1 is 1.15 bits per heavy atom. The van der Waals surface area contributed by atoms with Gasteiger partial charge in [0.2, 0.25) is 0 Å². The lowest BCUT2D eigenvalue weighted by Gasteiger charge is -2.13. The van der Waals surface area contributed by atoms with Crippen LogP contribution in [0.25, 0.3) is 10.9 Å². The lowest BCUT2D eigenvalue weighted by molar-refractivity contribution is 0.503. The Morgan fingerprint density at radius 3 is 2.45 bits per heavy atom. The zero-order valence-electron chi connectivity index (χ0n) is 11.7. The molecule has 0 aliphatic rings. The van der Waals surface area contributed by atoms with Gasteiger partial charge in [-0.25, -0.2) is 18.2 Å². The SMILES string of the molecule is CCNc1cc(CC(C)C)nc2c(F)c(F)cc(F)c12. The zero-order valence-corrected chi connectivity index (χ0v) is 11.7. The first kappa shape index (κ1) is 14.6. The largest absolute Gasteiger partial charge is 0.385 e. The molecule has 0 amide bonds. The van der Waals surface area contributed by atoms with Crippen molar-refractivity contribution >= 4 is 16.6 Å². The van der Waals surface area contributed by atoms with E-state index in [0.717, 1.165) is 0 Å². The lowest BCUT2D eigenvalue weighted by Crippen LogP contribution is -2.06. The van der Waals surface area contributed by atoms with Crippen molar-refractivity contribution < 1.29 is 13.2 Å². The Kier molecular flexibility index (Phi) is 4.16. The average Bonchev–Trinajstić information content (AvgIpc) is 2.35. The highest BCUT2D eigenvalue weighted by Gasteiger charge is 2.18. The van der Waals surface area contributed by atoms with Crippen molar-refractivity contribution in [1.29, 1.82) is 0 Å². The Hall–Kier alpha value is -1.78. The average molecular weight is 282 g/mol. The second kappa shape index (κ2) is 5.69. The van der Waals surface area contributed by atoms with Gasteiger partial charge in [0, 0.05) is 24.0 Å². The molecule has 1 aromatic heterocycles. The van der Waals surface area contributed by atoms with Crippen LogP contribution in [0, 0.1) is 23.4 Å². The van der Waals surface area contributed by atoms with Crippen molar-refractivity contribution in [3.8, 4) is 0 Å². The van der Waals surface area contributed by atoms with Gasteiger partial charge in [-0.15, -0.1) is 0 Å².